The molecule has 6 nitrogen and oxygen atoms in total. The van der Waals surface area contributed by atoms with E-state index in [-0.39, 0.29) is 13.0 Å². The van der Waals surface area contributed by atoms with E-state index in [9.17, 15) is 9.59 Å². The summed E-state index contributed by atoms with van der Waals surface area (Å²) in [5, 5.41) is 8.13. The summed E-state index contributed by atoms with van der Waals surface area (Å²) in [6, 6.07) is 17.1. The largest absolute Gasteiger partial charge is 0.488 e. The second-order valence-electron chi connectivity index (χ2n) is 6.74. The number of carbonyl (C=O) groups is 2. The SMILES string of the molecule is O=C(CC(=O)Nc1ccc(Cl)cc1)NN=Cc1ccc(OCc2ccc(Cl)cc2Cl)c(Br)c1. The van der Waals surface area contributed by atoms with Gasteiger partial charge in [-0.3, -0.25) is 9.59 Å². The van der Waals surface area contributed by atoms with E-state index < -0.39 is 11.8 Å². The van der Waals surface area contributed by atoms with E-state index >= 15 is 0 Å². The van der Waals surface area contributed by atoms with E-state index in [2.05, 4.69) is 31.8 Å². The summed E-state index contributed by atoms with van der Waals surface area (Å²) in [6.07, 6.45) is 1.09. The van der Waals surface area contributed by atoms with Gasteiger partial charge < -0.3 is 10.1 Å². The van der Waals surface area contributed by atoms with E-state index in [0.29, 0.717) is 36.5 Å². The predicted molar refractivity (Wildman–Crippen MR) is 135 cm³/mol. The minimum atomic E-state index is -0.545. The molecule has 0 fully saturated rings. The molecule has 3 aromatic carbocycles. The summed E-state index contributed by atoms with van der Waals surface area (Å²) in [4.78, 5) is 23.9. The molecule has 2 amide bonds. The van der Waals surface area contributed by atoms with Crippen LogP contribution in [0.25, 0.3) is 0 Å². The Morgan fingerprint density at radius 1 is 0.939 bits per heavy atom. The van der Waals surface area contributed by atoms with Gasteiger partial charge in [0.1, 0.15) is 18.8 Å². The summed E-state index contributed by atoms with van der Waals surface area (Å²) >= 11 is 21.3. The van der Waals surface area contributed by atoms with Crippen molar-refractivity contribution in [2.75, 3.05) is 5.32 Å². The van der Waals surface area contributed by atoms with E-state index in [1.807, 2.05) is 0 Å². The second kappa shape index (κ2) is 12.0. The molecule has 0 saturated carbocycles. The molecule has 0 unspecified atom stereocenters. The number of hydrazone groups is 1. The number of rotatable bonds is 8. The third-order valence-electron chi connectivity index (χ3n) is 4.21. The molecule has 10 heteroatoms. The lowest BCUT2D eigenvalue weighted by atomic mass is 10.2. The Labute approximate surface area is 214 Å². The molecule has 3 aromatic rings. The highest BCUT2D eigenvalue weighted by atomic mass is 79.9. The molecule has 0 aliphatic heterocycles. The highest BCUT2D eigenvalue weighted by molar-refractivity contribution is 9.10. The lowest BCUT2D eigenvalue weighted by Gasteiger charge is -2.10. The summed E-state index contributed by atoms with van der Waals surface area (Å²) in [7, 11) is 0. The van der Waals surface area contributed by atoms with Crippen molar-refractivity contribution in [2.45, 2.75) is 13.0 Å². The number of nitrogens with zero attached hydrogens (tertiary/aromatic N) is 1. The molecule has 0 aliphatic rings. The van der Waals surface area contributed by atoms with Gasteiger partial charge in [-0.25, -0.2) is 5.43 Å². The van der Waals surface area contributed by atoms with Crippen LogP contribution < -0.4 is 15.5 Å². The molecule has 2 N–H and O–H groups in total. The van der Waals surface area contributed by atoms with Gasteiger partial charge in [-0.15, -0.1) is 0 Å². The molecular weight excluding hydrogens is 553 g/mol. The van der Waals surface area contributed by atoms with Gasteiger partial charge in [-0.1, -0.05) is 40.9 Å². The summed E-state index contributed by atoms with van der Waals surface area (Å²) in [5.41, 5.74) is 4.39. The summed E-state index contributed by atoms with van der Waals surface area (Å²) in [5.74, 6) is -0.396. The molecular formula is C23H17BrCl3N3O3. The Hall–Kier alpha value is -2.58. The van der Waals surface area contributed by atoms with Crippen LogP contribution >= 0.6 is 50.7 Å². The fourth-order valence-corrected chi connectivity index (χ4v) is 3.71. The van der Waals surface area contributed by atoms with Gasteiger partial charge in [-0.05, 0) is 76.1 Å². The molecule has 0 aliphatic carbocycles. The Morgan fingerprint density at radius 3 is 2.36 bits per heavy atom. The standard InChI is InChI=1S/C23H17BrCl3N3O3/c24-19-9-14(1-8-21(19)33-13-15-2-3-17(26)10-20(15)27)12-28-30-23(32)11-22(31)29-18-6-4-16(25)5-7-18/h1-10,12H,11,13H2,(H,29,31)(H,30,32). The van der Waals surface area contributed by atoms with Crippen LogP contribution in [0.1, 0.15) is 17.5 Å². The first-order valence-electron chi connectivity index (χ1n) is 9.54. The zero-order chi connectivity index (χ0) is 23.8. The maximum absolute atomic E-state index is 11.9. The first-order chi connectivity index (χ1) is 15.8. The van der Waals surface area contributed by atoms with Gasteiger partial charge in [0.15, 0.2) is 0 Å². The van der Waals surface area contributed by atoms with Crippen molar-refractivity contribution in [3.63, 3.8) is 0 Å². The molecule has 0 spiro atoms. The van der Waals surface area contributed by atoms with E-state index in [1.165, 1.54) is 6.21 Å². The van der Waals surface area contributed by atoms with Crippen LogP contribution in [-0.2, 0) is 16.2 Å². The van der Waals surface area contributed by atoms with Crippen LogP contribution in [-0.4, -0.2) is 18.0 Å². The van der Waals surface area contributed by atoms with Crippen molar-refractivity contribution in [1.82, 2.24) is 5.43 Å². The zero-order valence-corrected chi connectivity index (χ0v) is 20.8. The highest BCUT2D eigenvalue weighted by Crippen LogP contribution is 2.28. The Bertz CT molecular complexity index is 1190. The molecule has 33 heavy (non-hydrogen) atoms. The maximum Gasteiger partial charge on any atom is 0.249 e. The number of hydrogen-bond acceptors (Lipinski definition) is 4. The van der Waals surface area contributed by atoms with Crippen LogP contribution in [0.4, 0.5) is 5.69 Å². The smallest absolute Gasteiger partial charge is 0.249 e. The first kappa shape index (κ1) is 25.1. The van der Waals surface area contributed by atoms with E-state index in [1.54, 1.807) is 60.7 Å². The number of carbonyl (C=O) groups excluding carboxylic acids is 2. The van der Waals surface area contributed by atoms with Crippen LogP contribution in [0.5, 0.6) is 5.75 Å². The first-order valence-corrected chi connectivity index (χ1v) is 11.5. The highest BCUT2D eigenvalue weighted by Gasteiger charge is 2.09. The van der Waals surface area contributed by atoms with E-state index in [0.717, 1.165) is 5.56 Å². The monoisotopic (exact) mass is 567 g/mol. The summed E-state index contributed by atoms with van der Waals surface area (Å²) in [6.45, 7) is 0.274. The number of halogens is 4. The number of ether oxygens (including phenoxy) is 1. The van der Waals surface area contributed by atoms with Crippen molar-refractivity contribution in [2.24, 2.45) is 5.10 Å². The molecule has 0 bridgehead atoms. The fourth-order valence-electron chi connectivity index (χ4n) is 2.61. The topological polar surface area (TPSA) is 79.8 Å². The van der Waals surface area contributed by atoms with Gasteiger partial charge in [0.25, 0.3) is 0 Å². The quantitative estimate of drug-likeness (QED) is 0.186. The predicted octanol–water partition coefficient (Wildman–Crippen LogP) is 6.47. The van der Waals surface area contributed by atoms with Crippen LogP contribution in [0, 0.1) is 0 Å². The summed E-state index contributed by atoms with van der Waals surface area (Å²) < 4.78 is 6.50. The second-order valence-corrected chi connectivity index (χ2v) is 8.87. The van der Waals surface area contributed by atoms with Crippen molar-refractivity contribution in [3.8, 4) is 5.75 Å². The maximum atomic E-state index is 11.9. The minimum Gasteiger partial charge on any atom is -0.488 e. The van der Waals surface area contributed by atoms with Crippen LogP contribution in [0.15, 0.2) is 70.2 Å². The number of amides is 2. The number of anilines is 1. The van der Waals surface area contributed by atoms with Crippen molar-refractivity contribution < 1.29 is 14.3 Å². The number of nitrogens with one attached hydrogen (secondary N) is 2. The molecule has 0 saturated heterocycles. The Morgan fingerprint density at radius 2 is 1.67 bits per heavy atom. The zero-order valence-electron chi connectivity index (χ0n) is 16.9. The third kappa shape index (κ3) is 8.05. The van der Waals surface area contributed by atoms with Gasteiger partial charge in [0.2, 0.25) is 11.8 Å². The van der Waals surface area contributed by atoms with Crippen molar-refractivity contribution in [3.05, 3.63) is 91.3 Å². The Kier molecular flexibility index (Phi) is 9.14. The molecule has 0 atom stereocenters. The fraction of sp³-hybridized carbons (Fsp3) is 0.0870. The van der Waals surface area contributed by atoms with Gasteiger partial charge in [0, 0.05) is 26.3 Å². The molecule has 0 radical (unpaired) electrons. The van der Waals surface area contributed by atoms with Gasteiger partial charge in [0.05, 0.1) is 10.7 Å². The molecule has 3 rings (SSSR count). The van der Waals surface area contributed by atoms with Crippen LogP contribution in [0.2, 0.25) is 15.1 Å². The lowest BCUT2D eigenvalue weighted by Crippen LogP contribution is -2.24. The normalized spacial score (nSPS) is 10.8. The lowest BCUT2D eigenvalue weighted by molar-refractivity contribution is -0.126. The number of benzene rings is 3. The van der Waals surface area contributed by atoms with E-state index in [4.69, 9.17) is 39.5 Å². The molecule has 0 heterocycles. The van der Waals surface area contributed by atoms with Gasteiger partial charge in [-0.2, -0.15) is 5.10 Å². The molecule has 0 aromatic heterocycles. The number of hydrogen-bond donors (Lipinski definition) is 2. The third-order valence-corrected chi connectivity index (χ3v) is 5.66. The van der Waals surface area contributed by atoms with Crippen LogP contribution in [0.3, 0.4) is 0 Å². The minimum absolute atomic E-state index is 0.274. The Balaban J connectivity index is 1.48. The van der Waals surface area contributed by atoms with Crippen molar-refractivity contribution in [1.29, 1.82) is 0 Å². The molecule has 170 valence electrons. The average Bonchev–Trinajstić information content (AvgIpc) is 2.76. The average molecular weight is 570 g/mol. The van der Waals surface area contributed by atoms with Crippen molar-refractivity contribution >= 4 is 74.4 Å². The van der Waals surface area contributed by atoms with Gasteiger partial charge >= 0.3 is 0 Å².